The number of fused-ring (bicyclic) bond motifs is 1. The van der Waals surface area contributed by atoms with E-state index in [1.807, 2.05) is 18.2 Å². The second-order valence-corrected chi connectivity index (χ2v) is 4.28. The Morgan fingerprint density at radius 1 is 1.06 bits per heavy atom. The Hall–Kier alpha value is -1.95. The van der Waals surface area contributed by atoms with E-state index in [2.05, 4.69) is 8.70 Å². The minimum Gasteiger partial charge on any atom is -0.364 e. The van der Waals surface area contributed by atoms with Gasteiger partial charge in [-0.3, -0.25) is 0 Å². The molecule has 0 aliphatic carbocycles. The summed E-state index contributed by atoms with van der Waals surface area (Å²) in [7, 11) is -4.17. The van der Waals surface area contributed by atoms with E-state index in [9.17, 15) is 8.42 Å². The first-order valence-electron chi connectivity index (χ1n) is 4.43. The highest BCUT2D eigenvalue weighted by atomic mass is 32.2. The fraction of sp³-hybridized carbons (Fsp3) is 0. The van der Waals surface area contributed by atoms with Gasteiger partial charge in [-0.25, -0.2) is 0 Å². The molecule has 0 heterocycles. The van der Waals surface area contributed by atoms with Gasteiger partial charge in [0.1, 0.15) is 0 Å². The lowest BCUT2D eigenvalue weighted by Crippen LogP contribution is -2.04. The average Bonchev–Trinajstić information content (AvgIpc) is 2.29. The molecule has 0 radical (unpaired) electrons. The summed E-state index contributed by atoms with van der Waals surface area (Å²) < 4.78 is 29.2. The summed E-state index contributed by atoms with van der Waals surface area (Å²) in [6.07, 6.45) is 0. The van der Waals surface area contributed by atoms with Gasteiger partial charge in [0, 0.05) is 5.39 Å². The van der Waals surface area contributed by atoms with E-state index in [-0.39, 0.29) is 5.75 Å². The van der Waals surface area contributed by atoms with Gasteiger partial charge < -0.3 is 4.18 Å². The SMILES string of the molecule is N=NS(=O)(=O)Oc1cccc2ccccc12. The van der Waals surface area contributed by atoms with Crippen molar-refractivity contribution < 1.29 is 12.6 Å². The minimum absolute atomic E-state index is 0.175. The van der Waals surface area contributed by atoms with Crippen molar-refractivity contribution in [2.75, 3.05) is 0 Å². The summed E-state index contributed by atoms with van der Waals surface area (Å²) in [5, 5.41) is 1.53. The molecule has 0 aliphatic heterocycles. The highest BCUT2D eigenvalue weighted by Crippen LogP contribution is 2.26. The van der Waals surface area contributed by atoms with Gasteiger partial charge in [-0.2, -0.15) is 13.9 Å². The predicted molar refractivity (Wildman–Crippen MR) is 58.6 cm³/mol. The summed E-state index contributed by atoms with van der Waals surface area (Å²) in [5.74, 6) is 0.175. The fourth-order valence-electron chi connectivity index (χ4n) is 1.40. The molecule has 2 aromatic carbocycles. The second-order valence-electron chi connectivity index (χ2n) is 3.08. The molecule has 0 aliphatic rings. The van der Waals surface area contributed by atoms with Crippen LogP contribution in [0.15, 0.2) is 47.0 Å². The Bertz CT molecular complexity index is 632. The van der Waals surface area contributed by atoms with Gasteiger partial charge in [0.05, 0.1) is 0 Å². The molecule has 1 N–H and O–H groups in total. The molecule has 0 unspecified atom stereocenters. The van der Waals surface area contributed by atoms with E-state index in [1.54, 1.807) is 18.2 Å². The Morgan fingerprint density at radius 2 is 1.75 bits per heavy atom. The Balaban J connectivity index is 2.57. The topological polar surface area (TPSA) is 79.6 Å². The smallest absolute Gasteiger partial charge is 0.364 e. The van der Waals surface area contributed by atoms with Crippen LogP contribution in [0, 0.1) is 5.53 Å². The van der Waals surface area contributed by atoms with Crippen LogP contribution in [0.1, 0.15) is 0 Å². The molecular weight excluding hydrogens is 228 g/mol. The molecule has 5 nitrogen and oxygen atoms in total. The standard InChI is InChI=1S/C10H8N2O3S/c11-12-16(13,14)15-10-7-3-5-8-4-1-2-6-9(8)10/h1-7,11H. The molecule has 6 heteroatoms. The van der Waals surface area contributed by atoms with E-state index in [1.165, 1.54) is 6.07 Å². The van der Waals surface area contributed by atoms with Crippen molar-refractivity contribution in [1.29, 1.82) is 5.53 Å². The minimum atomic E-state index is -4.17. The van der Waals surface area contributed by atoms with Gasteiger partial charge in [0.25, 0.3) is 0 Å². The van der Waals surface area contributed by atoms with Crippen molar-refractivity contribution in [2.45, 2.75) is 0 Å². The van der Waals surface area contributed by atoms with Gasteiger partial charge >= 0.3 is 10.3 Å². The van der Waals surface area contributed by atoms with Crippen LogP contribution in [-0.4, -0.2) is 8.42 Å². The van der Waals surface area contributed by atoms with Crippen LogP contribution in [0.4, 0.5) is 0 Å². The summed E-state index contributed by atoms with van der Waals surface area (Å²) in [5.41, 5.74) is 6.47. The lowest BCUT2D eigenvalue weighted by molar-refractivity contribution is 0.486. The fourth-order valence-corrected chi connectivity index (χ4v) is 1.81. The summed E-state index contributed by atoms with van der Waals surface area (Å²) in [6, 6.07) is 12.2. The number of nitrogens with one attached hydrogen (secondary N) is 1. The van der Waals surface area contributed by atoms with E-state index < -0.39 is 10.3 Å². The van der Waals surface area contributed by atoms with Gasteiger partial charge in [-0.05, 0) is 16.0 Å². The van der Waals surface area contributed by atoms with Crippen molar-refractivity contribution in [3.05, 3.63) is 42.5 Å². The van der Waals surface area contributed by atoms with Crippen LogP contribution in [0.2, 0.25) is 0 Å². The maximum absolute atomic E-state index is 11.0. The third-order valence-corrected chi connectivity index (χ3v) is 2.67. The maximum atomic E-state index is 11.0. The van der Waals surface area contributed by atoms with Crippen LogP contribution in [0.25, 0.3) is 10.8 Å². The Labute approximate surface area is 92.4 Å². The molecule has 2 aromatic rings. The molecule has 0 atom stereocenters. The Kier molecular flexibility index (Phi) is 2.57. The third kappa shape index (κ3) is 2.01. The zero-order valence-electron chi connectivity index (χ0n) is 8.12. The molecule has 0 amide bonds. The van der Waals surface area contributed by atoms with Crippen molar-refractivity contribution in [1.82, 2.24) is 0 Å². The van der Waals surface area contributed by atoms with Crippen LogP contribution in [-0.2, 0) is 10.3 Å². The highest BCUT2D eigenvalue weighted by molar-refractivity contribution is 7.85. The second kappa shape index (κ2) is 3.90. The lowest BCUT2D eigenvalue weighted by atomic mass is 10.1. The van der Waals surface area contributed by atoms with Gasteiger partial charge in [0.15, 0.2) is 5.75 Å². The first kappa shape index (κ1) is 10.6. The maximum Gasteiger partial charge on any atom is 0.445 e. The summed E-state index contributed by atoms with van der Waals surface area (Å²) in [6.45, 7) is 0. The van der Waals surface area contributed by atoms with Crippen molar-refractivity contribution in [2.24, 2.45) is 4.52 Å². The summed E-state index contributed by atoms with van der Waals surface area (Å²) in [4.78, 5) is 0. The van der Waals surface area contributed by atoms with Gasteiger partial charge in [-0.1, -0.05) is 36.4 Å². The van der Waals surface area contributed by atoms with Crippen LogP contribution in [0.5, 0.6) is 5.75 Å². The highest BCUT2D eigenvalue weighted by Gasteiger charge is 2.11. The van der Waals surface area contributed by atoms with Crippen molar-refractivity contribution in [3.8, 4) is 5.75 Å². The first-order chi connectivity index (χ1) is 7.62. The molecule has 16 heavy (non-hydrogen) atoms. The van der Waals surface area contributed by atoms with Crippen LogP contribution in [0.3, 0.4) is 0 Å². The van der Waals surface area contributed by atoms with E-state index in [4.69, 9.17) is 5.53 Å². The molecule has 0 spiro atoms. The third-order valence-electron chi connectivity index (χ3n) is 2.06. The number of hydrogen-bond acceptors (Lipinski definition) is 4. The molecule has 82 valence electrons. The molecule has 0 aromatic heterocycles. The average molecular weight is 236 g/mol. The van der Waals surface area contributed by atoms with Crippen molar-refractivity contribution >= 4 is 21.1 Å². The van der Waals surface area contributed by atoms with E-state index in [0.717, 1.165) is 5.39 Å². The molecule has 0 fully saturated rings. The van der Waals surface area contributed by atoms with Crippen LogP contribution < -0.4 is 4.18 Å². The Morgan fingerprint density at radius 3 is 2.50 bits per heavy atom. The number of benzene rings is 2. The molecule has 0 saturated heterocycles. The van der Waals surface area contributed by atoms with Crippen LogP contribution >= 0.6 is 0 Å². The zero-order chi connectivity index (χ0) is 11.6. The normalized spacial score (nSPS) is 11.2. The summed E-state index contributed by atoms with van der Waals surface area (Å²) >= 11 is 0. The van der Waals surface area contributed by atoms with Gasteiger partial charge in [0.2, 0.25) is 0 Å². The lowest BCUT2D eigenvalue weighted by Gasteiger charge is -2.05. The molecule has 2 rings (SSSR count). The number of rotatable bonds is 3. The molecular formula is C10H8N2O3S. The predicted octanol–water partition coefficient (Wildman–Crippen LogP) is 2.49. The monoisotopic (exact) mass is 236 g/mol. The largest absolute Gasteiger partial charge is 0.445 e. The van der Waals surface area contributed by atoms with Crippen molar-refractivity contribution in [3.63, 3.8) is 0 Å². The number of hydrogen-bond donors (Lipinski definition) is 1. The quantitative estimate of drug-likeness (QED) is 0.831. The molecule has 0 bridgehead atoms. The van der Waals surface area contributed by atoms with Gasteiger partial charge in [-0.15, -0.1) is 0 Å². The molecule has 0 saturated carbocycles. The zero-order valence-corrected chi connectivity index (χ0v) is 8.94. The first-order valence-corrected chi connectivity index (χ1v) is 5.80. The van der Waals surface area contributed by atoms with E-state index in [0.29, 0.717) is 5.39 Å². The van der Waals surface area contributed by atoms with E-state index >= 15 is 0 Å². The number of nitrogens with zero attached hydrogens (tertiary/aromatic N) is 1.